The van der Waals surface area contributed by atoms with Crippen LogP contribution in [0.3, 0.4) is 0 Å². The minimum atomic E-state index is -0.194. The number of phenolic OH excluding ortho intramolecular Hbond substituents is 1. The molecule has 0 aromatic heterocycles. The summed E-state index contributed by atoms with van der Waals surface area (Å²) in [5, 5.41) is 12.7. The van der Waals surface area contributed by atoms with Crippen LogP contribution in [0, 0.1) is 5.92 Å². The van der Waals surface area contributed by atoms with Crippen molar-refractivity contribution in [1.82, 2.24) is 4.90 Å². The Hall–Kier alpha value is -3.84. The van der Waals surface area contributed by atoms with E-state index in [0.717, 1.165) is 11.3 Å². The molecule has 5 rings (SSSR count). The van der Waals surface area contributed by atoms with Gasteiger partial charge in [0.15, 0.2) is 0 Å². The molecule has 0 aliphatic carbocycles. The van der Waals surface area contributed by atoms with Crippen LogP contribution in [0.1, 0.15) is 24.4 Å². The van der Waals surface area contributed by atoms with Gasteiger partial charge in [-0.05, 0) is 55.8 Å². The molecule has 1 fully saturated rings. The van der Waals surface area contributed by atoms with Crippen molar-refractivity contribution in [3.05, 3.63) is 84.4 Å². The fourth-order valence-corrected chi connectivity index (χ4v) is 4.85. The second-order valence-electron chi connectivity index (χ2n) is 9.03. The molecule has 0 bridgehead atoms. The number of amides is 2. The SMILES string of the molecule is O=C(Nc1ccccc1O)C1CCN(CC(=O)N2c3ccccc3OCC2c2ccccc2)CC1. The molecule has 2 amide bonds. The fourth-order valence-electron chi connectivity index (χ4n) is 4.85. The van der Waals surface area contributed by atoms with E-state index in [-0.39, 0.29) is 36.1 Å². The van der Waals surface area contributed by atoms with Gasteiger partial charge in [-0.3, -0.25) is 19.4 Å². The number of benzene rings is 3. The number of hydrogen-bond donors (Lipinski definition) is 2. The van der Waals surface area contributed by atoms with E-state index in [9.17, 15) is 14.7 Å². The monoisotopic (exact) mass is 471 g/mol. The zero-order valence-corrected chi connectivity index (χ0v) is 19.5. The largest absolute Gasteiger partial charge is 0.506 e. The van der Waals surface area contributed by atoms with Gasteiger partial charge in [0, 0.05) is 5.92 Å². The lowest BCUT2D eigenvalue weighted by Gasteiger charge is -2.39. The van der Waals surface area contributed by atoms with E-state index in [1.807, 2.05) is 59.5 Å². The summed E-state index contributed by atoms with van der Waals surface area (Å²) in [6, 6.07) is 24.2. The van der Waals surface area contributed by atoms with Crippen LogP contribution < -0.4 is 15.0 Å². The first-order valence-electron chi connectivity index (χ1n) is 12.0. The highest BCUT2D eigenvalue weighted by atomic mass is 16.5. The number of aromatic hydroxyl groups is 1. The number of piperidine rings is 1. The number of nitrogens with one attached hydrogen (secondary N) is 1. The summed E-state index contributed by atoms with van der Waals surface area (Å²) in [6.07, 6.45) is 1.32. The second kappa shape index (κ2) is 10.2. The van der Waals surface area contributed by atoms with Crippen LogP contribution in [0.25, 0.3) is 0 Å². The number of ether oxygens (including phenoxy) is 1. The number of carbonyl (C=O) groups excluding carboxylic acids is 2. The first-order chi connectivity index (χ1) is 17.1. The average molecular weight is 472 g/mol. The molecule has 0 radical (unpaired) electrons. The van der Waals surface area contributed by atoms with E-state index < -0.39 is 0 Å². The molecule has 1 atom stereocenters. The highest BCUT2D eigenvalue weighted by Gasteiger charge is 2.35. The van der Waals surface area contributed by atoms with Crippen LogP contribution in [0.4, 0.5) is 11.4 Å². The third kappa shape index (κ3) is 5.00. The van der Waals surface area contributed by atoms with Gasteiger partial charge in [-0.25, -0.2) is 0 Å². The molecular weight excluding hydrogens is 442 g/mol. The third-order valence-electron chi connectivity index (χ3n) is 6.77. The number of rotatable bonds is 5. The molecule has 3 aromatic carbocycles. The minimum Gasteiger partial charge on any atom is -0.506 e. The Bertz CT molecular complexity index is 1190. The van der Waals surface area contributed by atoms with Crippen LogP contribution in [-0.4, -0.2) is 48.1 Å². The lowest BCUT2D eigenvalue weighted by atomic mass is 9.95. The van der Waals surface area contributed by atoms with E-state index in [1.54, 1.807) is 24.3 Å². The molecule has 2 aliphatic rings. The Kier molecular flexibility index (Phi) is 6.68. The number of phenols is 1. The van der Waals surface area contributed by atoms with Crippen molar-refractivity contribution in [3.63, 3.8) is 0 Å². The molecule has 1 saturated heterocycles. The van der Waals surface area contributed by atoms with Crippen LogP contribution in [-0.2, 0) is 9.59 Å². The molecule has 0 spiro atoms. The highest BCUT2D eigenvalue weighted by molar-refractivity contribution is 5.97. The lowest BCUT2D eigenvalue weighted by Crippen LogP contribution is -2.48. The van der Waals surface area contributed by atoms with Gasteiger partial charge < -0.3 is 15.2 Å². The van der Waals surface area contributed by atoms with Gasteiger partial charge in [0.05, 0.1) is 24.0 Å². The van der Waals surface area contributed by atoms with Crippen molar-refractivity contribution in [2.24, 2.45) is 5.92 Å². The Labute approximate surface area is 204 Å². The third-order valence-corrected chi connectivity index (χ3v) is 6.77. The standard InChI is InChI=1S/C28H29N3O4/c32-25-12-6-4-10-22(25)29-28(34)21-14-16-30(17-15-21)18-27(33)31-23-11-5-7-13-26(23)35-19-24(31)20-8-2-1-3-9-20/h1-13,21,24,32H,14-19H2,(H,29,34). The van der Waals surface area contributed by atoms with Crippen LogP contribution in [0.5, 0.6) is 11.5 Å². The number of likely N-dealkylation sites (tertiary alicyclic amines) is 1. The summed E-state index contributed by atoms with van der Waals surface area (Å²) in [5.74, 6) is 0.549. The van der Waals surface area contributed by atoms with Gasteiger partial charge in [0.25, 0.3) is 0 Å². The van der Waals surface area contributed by atoms with Gasteiger partial charge in [-0.15, -0.1) is 0 Å². The molecule has 3 aromatic rings. The molecule has 180 valence electrons. The molecular formula is C28H29N3O4. The number of carbonyl (C=O) groups is 2. The van der Waals surface area contributed by atoms with Crippen molar-refractivity contribution in [3.8, 4) is 11.5 Å². The quantitative estimate of drug-likeness (QED) is 0.545. The average Bonchev–Trinajstić information content (AvgIpc) is 2.90. The predicted octanol–water partition coefficient (Wildman–Crippen LogP) is 4.21. The predicted molar refractivity (Wildman–Crippen MR) is 135 cm³/mol. The Balaban J connectivity index is 1.24. The molecule has 7 nitrogen and oxygen atoms in total. The fraction of sp³-hybridized carbons (Fsp3) is 0.286. The molecule has 0 saturated carbocycles. The van der Waals surface area contributed by atoms with E-state index in [1.165, 1.54) is 0 Å². The Morgan fingerprint density at radius 2 is 1.60 bits per heavy atom. The van der Waals surface area contributed by atoms with Gasteiger partial charge >= 0.3 is 0 Å². The summed E-state index contributed by atoms with van der Waals surface area (Å²) in [5.41, 5.74) is 2.25. The summed E-state index contributed by atoms with van der Waals surface area (Å²) >= 11 is 0. The Morgan fingerprint density at radius 1 is 0.914 bits per heavy atom. The lowest BCUT2D eigenvalue weighted by molar-refractivity contribution is -0.122. The molecule has 1 unspecified atom stereocenters. The zero-order chi connectivity index (χ0) is 24.2. The first kappa shape index (κ1) is 22.9. The summed E-state index contributed by atoms with van der Waals surface area (Å²) < 4.78 is 5.99. The van der Waals surface area contributed by atoms with Crippen LogP contribution in [0.15, 0.2) is 78.9 Å². The van der Waals surface area contributed by atoms with Crippen molar-refractivity contribution in [2.45, 2.75) is 18.9 Å². The van der Waals surface area contributed by atoms with Crippen molar-refractivity contribution in [1.29, 1.82) is 0 Å². The zero-order valence-electron chi connectivity index (χ0n) is 19.5. The number of para-hydroxylation sites is 4. The topological polar surface area (TPSA) is 82.1 Å². The van der Waals surface area contributed by atoms with Gasteiger partial charge in [0.2, 0.25) is 11.8 Å². The molecule has 2 N–H and O–H groups in total. The molecule has 2 aliphatic heterocycles. The van der Waals surface area contributed by atoms with E-state index in [0.29, 0.717) is 44.0 Å². The van der Waals surface area contributed by atoms with E-state index >= 15 is 0 Å². The van der Waals surface area contributed by atoms with E-state index in [4.69, 9.17) is 4.74 Å². The smallest absolute Gasteiger partial charge is 0.241 e. The Morgan fingerprint density at radius 3 is 2.37 bits per heavy atom. The van der Waals surface area contributed by atoms with Gasteiger partial charge in [-0.2, -0.15) is 0 Å². The first-order valence-corrected chi connectivity index (χ1v) is 12.0. The second-order valence-corrected chi connectivity index (χ2v) is 9.03. The van der Waals surface area contributed by atoms with Gasteiger partial charge in [0.1, 0.15) is 18.1 Å². The summed E-state index contributed by atoms with van der Waals surface area (Å²) in [7, 11) is 0. The van der Waals surface area contributed by atoms with Crippen LogP contribution >= 0.6 is 0 Å². The number of hydrogen-bond acceptors (Lipinski definition) is 5. The van der Waals surface area contributed by atoms with Crippen molar-refractivity contribution < 1.29 is 19.4 Å². The normalized spacial score (nSPS) is 18.4. The molecule has 35 heavy (non-hydrogen) atoms. The summed E-state index contributed by atoms with van der Waals surface area (Å²) in [4.78, 5) is 30.3. The van der Waals surface area contributed by atoms with Crippen LogP contribution in [0.2, 0.25) is 0 Å². The number of fused-ring (bicyclic) bond motifs is 1. The maximum absolute atomic E-state index is 13.6. The summed E-state index contributed by atoms with van der Waals surface area (Å²) in [6.45, 7) is 2.01. The molecule has 2 heterocycles. The number of nitrogens with zero attached hydrogens (tertiary/aromatic N) is 2. The number of anilines is 2. The molecule has 7 heteroatoms. The maximum atomic E-state index is 13.6. The maximum Gasteiger partial charge on any atom is 0.241 e. The highest BCUT2D eigenvalue weighted by Crippen LogP contribution is 2.39. The van der Waals surface area contributed by atoms with Gasteiger partial charge in [-0.1, -0.05) is 54.6 Å². The van der Waals surface area contributed by atoms with E-state index in [2.05, 4.69) is 10.2 Å². The van der Waals surface area contributed by atoms with Crippen molar-refractivity contribution >= 4 is 23.2 Å². The minimum absolute atomic E-state index is 0.0201. The van der Waals surface area contributed by atoms with Crippen molar-refractivity contribution in [2.75, 3.05) is 36.5 Å².